The van der Waals surface area contributed by atoms with Gasteiger partial charge in [-0.15, -0.1) is 0 Å². The Bertz CT molecular complexity index is 626. The molecule has 4 rings (SSSR count). The minimum Gasteiger partial charge on any atom is -0.454 e. The van der Waals surface area contributed by atoms with Crippen LogP contribution in [0.4, 0.5) is 0 Å². The van der Waals surface area contributed by atoms with Crippen LogP contribution in [-0.4, -0.2) is 43.2 Å². The van der Waals surface area contributed by atoms with Crippen LogP contribution in [0.2, 0.25) is 0 Å². The lowest BCUT2D eigenvalue weighted by atomic mass is 9.58. The zero-order chi connectivity index (χ0) is 16.6. The van der Waals surface area contributed by atoms with Crippen molar-refractivity contribution in [3.05, 3.63) is 23.8 Å². The average Bonchev–Trinajstić information content (AvgIpc) is 3.09. The van der Waals surface area contributed by atoms with E-state index in [9.17, 15) is 9.90 Å². The van der Waals surface area contributed by atoms with Gasteiger partial charge in [0, 0.05) is 31.1 Å². The van der Waals surface area contributed by atoms with Gasteiger partial charge in [-0.2, -0.15) is 0 Å². The number of rotatable bonds is 4. The monoisotopic (exact) mass is 333 g/mol. The third-order valence-electron chi connectivity index (χ3n) is 5.68. The lowest BCUT2D eigenvalue weighted by Gasteiger charge is -2.55. The number of para-hydroxylation sites is 1. The van der Waals surface area contributed by atoms with Gasteiger partial charge in [-0.05, 0) is 37.3 Å². The van der Waals surface area contributed by atoms with Crippen LogP contribution in [0.1, 0.15) is 31.2 Å². The summed E-state index contributed by atoms with van der Waals surface area (Å²) >= 11 is 0. The van der Waals surface area contributed by atoms with Crippen LogP contribution in [0, 0.1) is 5.41 Å². The van der Waals surface area contributed by atoms with Gasteiger partial charge in [-0.1, -0.05) is 12.1 Å². The number of aryl methyl sites for hydroxylation is 1. The molecule has 3 aliphatic rings. The maximum Gasteiger partial charge on any atom is 0.231 e. The van der Waals surface area contributed by atoms with Crippen LogP contribution in [0.3, 0.4) is 0 Å². The topological polar surface area (TPSA) is 77.0 Å². The number of carbonyl (C=O) groups is 1. The van der Waals surface area contributed by atoms with Crippen LogP contribution in [-0.2, 0) is 16.0 Å². The normalized spacial score (nSPS) is 26.9. The van der Waals surface area contributed by atoms with Gasteiger partial charge < -0.3 is 24.6 Å². The van der Waals surface area contributed by atoms with Crippen molar-refractivity contribution in [2.45, 2.75) is 44.2 Å². The Morgan fingerprint density at radius 3 is 2.92 bits per heavy atom. The smallest absolute Gasteiger partial charge is 0.231 e. The van der Waals surface area contributed by atoms with E-state index in [1.807, 2.05) is 18.2 Å². The number of ether oxygens (including phenoxy) is 3. The van der Waals surface area contributed by atoms with Gasteiger partial charge in [0.1, 0.15) is 0 Å². The summed E-state index contributed by atoms with van der Waals surface area (Å²) in [6, 6.07) is 5.81. The van der Waals surface area contributed by atoms with Crippen molar-refractivity contribution in [1.82, 2.24) is 5.32 Å². The molecule has 2 heterocycles. The Hall–Kier alpha value is -1.79. The predicted octanol–water partition coefficient (Wildman–Crippen LogP) is 1.39. The fourth-order valence-corrected chi connectivity index (χ4v) is 4.10. The maximum atomic E-state index is 12.4. The summed E-state index contributed by atoms with van der Waals surface area (Å²) < 4.78 is 16.2. The van der Waals surface area contributed by atoms with E-state index >= 15 is 0 Å². The number of carbonyl (C=O) groups excluding carboxylic acids is 1. The first kappa shape index (κ1) is 15.7. The van der Waals surface area contributed by atoms with Gasteiger partial charge in [-0.3, -0.25) is 4.79 Å². The molecule has 0 unspecified atom stereocenters. The van der Waals surface area contributed by atoms with Crippen molar-refractivity contribution in [3.63, 3.8) is 0 Å². The van der Waals surface area contributed by atoms with E-state index in [-0.39, 0.29) is 30.3 Å². The first-order valence-corrected chi connectivity index (χ1v) is 8.62. The number of hydrogen-bond donors (Lipinski definition) is 2. The highest BCUT2D eigenvalue weighted by molar-refractivity contribution is 5.77. The van der Waals surface area contributed by atoms with E-state index < -0.39 is 0 Å². The van der Waals surface area contributed by atoms with Gasteiger partial charge in [0.25, 0.3) is 0 Å². The lowest BCUT2D eigenvalue weighted by Crippen LogP contribution is -2.65. The molecule has 2 N–H and O–H groups in total. The highest BCUT2D eigenvalue weighted by Gasteiger charge is 2.55. The van der Waals surface area contributed by atoms with E-state index in [4.69, 9.17) is 14.2 Å². The van der Waals surface area contributed by atoms with Gasteiger partial charge in [-0.25, -0.2) is 0 Å². The highest BCUT2D eigenvalue weighted by Crippen LogP contribution is 2.49. The summed E-state index contributed by atoms with van der Waals surface area (Å²) in [5.74, 6) is 1.52. The summed E-state index contributed by atoms with van der Waals surface area (Å²) in [4.78, 5) is 12.4. The van der Waals surface area contributed by atoms with Crippen LogP contribution in [0.25, 0.3) is 0 Å². The third-order valence-corrected chi connectivity index (χ3v) is 5.68. The highest BCUT2D eigenvalue weighted by atomic mass is 16.7. The van der Waals surface area contributed by atoms with Crippen molar-refractivity contribution < 1.29 is 24.1 Å². The summed E-state index contributed by atoms with van der Waals surface area (Å²) in [5.41, 5.74) is 0.813. The van der Waals surface area contributed by atoms with Gasteiger partial charge in [0.05, 0.1) is 6.10 Å². The van der Waals surface area contributed by atoms with Crippen molar-refractivity contribution in [2.24, 2.45) is 5.41 Å². The molecule has 1 saturated heterocycles. The number of amides is 1. The second kappa shape index (κ2) is 6.26. The molecule has 2 atom stereocenters. The van der Waals surface area contributed by atoms with E-state index in [1.165, 1.54) is 0 Å². The fraction of sp³-hybridized carbons (Fsp3) is 0.611. The van der Waals surface area contributed by atoms with E-state index in [0.29, 0.717) is 32.5 Å². The molecular formula is C18H23NO5. The zero-order valence-electron chi connectivity index (χ0n) is 13.6. The average molecular weight is 333 g/mol. The number of hydrogen-bond acceptors (Lipinski definition) is 5. The molecule has 0 bridgehead atoms. The Balaban J connectivity index is 1.34. The van der Waals surface area contributed by atoms with Crippen molar-refractivity contribution in [2.75, 3.05) is 20.0 Å². The molecule has 24 heavy (non-hydrogen) atoms. The summed E-state index contributed by atoms with van der Waals surface area (Å²) in [6.45, 7) is 1.57. The Kier molecular flexibility index (Phi) is 4.10. The molecule has 1 aromatic rings. The number of nitrogens with one attached hydrogen (secondary N) is 1. The molecule has 6 heteroatoms. The third kappa shape index (κ3) is 2.63. The maximum absolute atomic E-state index is 12.4. The zero-order valence-corrected chi connectivity index (χ0v) is 13.6. The second-order valence-electron chi connectivity index (χ2n) is 6.87. The molecule has 1 amide bonds. The summed E-state index contributed by atoms with van der Waals surface area (Å²) in [7, 11) is 0. The fourth-order valence-electron chi connectivity index (χ4n) is 4.10. The molecule has 1 aliphatic carbocycles. The van der Waals surface area contributed by atoms with Crippen molar-refractivity contribution in [3.8, 4) is 11.5 Å². The van der Waals surface area contributed by atoms with E-state index in [2.05, 4.69) is 5.32 Å². The molecule has 1 saturated carbocycles. The molecular weight excluding hydrogens is 310 g/mol. The van der Waals surface area contributed by atoms with Crippen molar-refractivity contribution >= 4 is 5.91 Å². The van der Waals surface area contributed by atoms with Crippen molar-refractivity contribution in [1.29, 1.82) is 0 Å². The second-order valence-corrected chi connectivity index (χ2v) is 6.87. The minimum atomic E-state index is -0.324. The summed E-state index contributed by atoms with van der Waals surface area (Å²) in [6.07, 6.45) is 2.97. The Morgan fingerprint density at radius 2 is 2.12 bits per heavy atom. The van der Waals surface area contributed by atoms with E-state index in [1.54, 1.807) is 0 Å². The number of benzene rings is 1. The van der Waals surface area contributed by atoms with Crippen LogP contribution < -0.4 is 14.8 Å². The van der Waals surface area contributed by atoms with Gasteiger partial charge >= 0.3 is 0 Å². The molecule has 0 aromatic heterocycles. The number of aliphatic hydroxyl groups excluding tert-OH is 1. The largest absolute Gasteiger partial charge is 0.454 e. The standard InChI is InChI=1S/C18H23NO5/c20-15-10-14(18(15)6-8-22-9-7-18)19-16(21)5-4-12-2-1-3-13-17(12)24-11-23-13/h1-3,14-15,20H,4-11H2,(H,19,21)/t14-,15-/m1/s1. The SMILES string of the molecule is O=C(CCc1cccc2c1OCO2)N[C@@H]1C[C@@H](O)C12CCOCC2. The van der Waals surface area contributed by atoms with Gasteiger partial charge in [0.2, 0.25) is 12.7 Å². The first-order valence-electron chi connectivity index (χ1n) is 8.62. The lowest BCUT2D eigenvalue weighted by molar-refractivity contribution is -0.156. The Labute approximate surface area is 141 Å². The van der Waals surface area contributed by atoms with Crippen LogP contribution in [0.5, 0.6) is 11.5 Å². The number of aliphatic hydroxyl groups is 1. The molecule has 130 valence electrons. The minimum absolute atomic E-state index is 0.0225. The van der Waals surface area contributed by atoms with Crippen LogP contribution >= 0.6 is 0 Å². The van der Waals surface area contributed by atoms with Gasteiger partial charge in [0.15, 0.2) is 11.5 Å². The summed E-state index contributed by atoms with van der Waals surface area (Å²) in [5, 5.41) is 13.3. The Morgan fingerprint density at radius 1 is 1.29 bits per heavy atom. The quantitative estimate of drug-likeness (QED) is 0.871. The molecule has 2 aliphatic heterocycles. The molecule has 2 fully saturated rings. The van der Waals surface area contributed by atoms with E-state index in [0.717, 1.165) is 29.9 Å². The first-order chi connectivity index (χ1) is 11.7. The molecule has 0 radical (unpaired) electrons. The number of fused-ring (bicyclic) bond motifs is 1. The molecule has 1 aromatic carbocycles. The molecule has 6 nitrogen and oxygen atoms in total. The predicted molar refractivity (Wildman–Crippen MR) is 85.9 cm³/mol. The molecule has 1 spiro atoms. The van der Waals surface area contributed by atoms with Crippen LogP contribution in [0.15, 0.2) is 18.2 Å².